The molecule has 0 fully saturated rings. The topological polar surface area (TPSA) is 9.23 Å². The average molecular weight is 281 g/mol. The van der Waals surface area contributed by atoms with Crippen LogP contribution in [-0.2, 0) is 4.43 Å². The van der Waals surface area contributed by atoms with E-state index < -0.39 is 8.32 Å². The highest BCUT2D eigenvalue weighted by molar-refractivity contribution is 6.77. The van der Waals surface area contributed by atoms with Crippen LogP contribution in [0.2, 0.25) is 16.6 Å². The van der Waals surface area contributed by atoms with Crippen molar-refractivity contribution < 1.29 is 4.43 Å². The van der Waals surface area contributed by atoms with Gasteiger partial charge in [-0.2, -0.15) is 0 Å². The fourth-order valence-corrected chi connectivity index (χ4v) is 8.97. The van der Waals surface area contributed by atoms with Gasteiger partial charge < -0.3 is 4.43 Å². The van der Waals surface area contributed by atoms with Gasteiger partial charge in [0.2, 0.25) is 0 Å². The molecule has 1 nitrogen and oxygen atoms in total. The molecule has 0 N–H and O–H groups in total. The molecular weight excluding hydrogens is 248 g/mol. The van der Waals surface area contributed by atoms with Gasteiger partial charge >= 0.3 is 0 Å². The van der Waals surface area contributed by atoms with Crippen LogP contribution in [0.4, 0.5) is 0 Å². The first kappa shape index (κ1) is 16.6. The molecule has 1 aliphatic rings. The van der Waals surface area contributed by atoms with E-state index in [1.807, 2.05) is 0 Å². The second kappa shape index (κ2) is 6.78. The summed E-state index contributed by atoms with van der Waals surface area (Å²) in [7, 11) is -1.75. The Morgan fingerprint density at radius 3 is 1.95 bits per heavy atom. The molecule has 0 aromatic carbocycles. The molecule has 0 saturated carbocycles. The number of rotatable bonds is 6. The molecule has 0 unspecified atom stereocenters. The highest BCUT2D eigenvalue weighted by atomic mass is 28.4. The van der Waals surface area contributed by atoms with E-state index in [1.165, 1.54) is 11.3 Å². The molecule has 0 radical (unpaired) electrons. The minimum Gasteiger partial charge on any atom is -0.546 e. The van der Waals surface area contributed by atoms with Gasteiger partial charge in [-0.1, -0.05) is 60.1 Å². The van der Waals surface area contributed by atoms with Gasteiger partial charge in [-0.25, -0.2) is 0 Å². The fraction of sp³-hybridized carbons (Fsp3) is 0.765. The normalized spacial score (nSPS) is 16.9. The first-order chi connectivity index (χ1) is 8.84. The first-order valence-electron chi connectivity index (χ1n) is 7.90. The van der Waals surface area contributed by atoms with E-state index in [9.17, 15) is 0 Å². The van der Waals surface area contributed by atoms with Gasteiger partial charge in [-0.15, -0.1) is 0 Å². The summed E-state index contributed by atoms with van der Waals surface area (Å²) in [4.78, 5) is 0. The van der Waals surface area contributed by atoms with Gasteiger partial charge in [-0.3, -0.25) is 0 Å². The summed E-state index contributed by atoms with van der Waals surface area (Å²) in [6.07, 6.45) is 7.90. The smallest absolute Gasteiger partial charge is 0.258 e. The van der Waals surface area contributed by atoms with Gasteiger partial charge in [0.15, 0.2) is 0 Å². The molecule has 19 heavy (non-hydrogen) atoms. The predicted octanol–water partition coefficient (Wildman–Crippen LogP) is 6.19. The number of hydrogen-bond donors (Lipinski definition) is 0. The molecule has 0 bridgehead atoms. The zero-order chi connectivity index (χ0) is 14.6. The number of hydrogen-bond acceptors (Lipinski definition) is 1. The van der Waals surface area contributed by atoms with E-state index in [-0.39, 0.29) is 0 Å². The zero-order valence-corrected chi connectivity index (χ0v) is 14.9. The van der Waals surface area contributed by atoms with E-state index in [1.54, 1.807) is 0 Å². The summed E-state index contributed by atoms with van der Waals surface area (Å²) in [5.74, 6) is 1.25. The summed E-state index contributed by atoms with van der Waals surface area (Å²) in [5.41, 5.74) is 3.51. The lowest BCUT2D eigenvalue weighted by Crippen LogP contribution is -2.47. The third-order valence-electron chi connectivity index (χ3n) is 4.62. The highest BCUT2D eigenvalue weighted by Crippen LogP contribution is 2.44. The van der Waals surface area contributed by atoms with Crippen LogP contribution in [0, 0.1) is 0 Å². The van der Waals surface area contributed by atoms with Gasteiger partial charge in [0.25, 0.3) is 8.32 Å². The molecule has 0 amide bonds. The van der Waals surface area contributed by atoms with E-state index in [4.69, 9.17) is 4.43 Å². The fourth-order valence-electron chi connectivity index (χ4n) is 3.65. The molecule has 1 rings (SSSR count). The third kappa shape index (κ3) is 3.53. The van der Waals surface area contributed by atoms with Crippen molar-refractivity contribution in [1.29, 1.82) is 0 Å². The van der Waals surface area contributed by atoms with Gasteiger partial charge in [-0.05, 0) is 35.5 Å². The first-order valence-corrected chi connectivity index (χ1v) is 10.0. The summed E-state index contributed by atoms with van der Waals surface area (Å²) in [6, 6.07) is 0. The molecular formula is C17H32OSi. The number of allylic oxidation sites excluding steroid dienone is 3. The van der Waals surface area contributed by atoms with Gasteiger partial charge in [0.1, 0.15) is 0 Å². The summed E-state index contributed by atoms with van der Waals surface area (Å²) in [5, 5.41) is 0. The van der Waals surface area contributed by atoms with Crippen molar-refractivity contribution in [3.63, 3.8) is 0 Å². The maximum absolute atomic E-state index is 6.75. The largest absolute Gasteiger partial charge is 0.546 e. The second-order valence-electron chi connectivity index (χ2n) is 6.72. The molecule has 0 aromatic rings. The third-order valence-corrected chi connectivity index (χ3v) is 10.7. The SMILES string of the molecule is CCC1=CCC=C(O[Si](C(C)C)(C(C)C)C(C)C)C1. The van der Waals surface area contributed by atoms with Crippen LogP contribution in [0.15, 0.2) is 23.5 Å². The lowest BCUT2D eigenvalue weighted by molar-refractivity contribution is 0.357. The van der Waals surface area contributed by atoms with Crippen molar-refractivity contribution in [3.8, 4) is 0 Å². The highest BCUT2D eigenvalue weighted by Gasteiger charge is 2.47. The summed E-state index contributed by atoms with van der Waals surface area (Å²) >= 11 is 0. The van der Waals surface area contributed by atoms with Crippen molar-refractivity contribution in [2.45, 2.75) is 84.4 Å². The Bertz CT molecular complexity index is 328. The molecule has 110 valence electrons. The van der Waals surface area contributed by atoms with Crippen LogP contribution >= 0.6 is 0 Å². The Hall–Kier alpha value is -0.503. The molecule has 0 saturated heterocycles. The predicted molar refractivity (Wildman–Crippen MR) is 87.8 cm³/mol. The molecule has 0 aliphatic heterocycles. The minimum absolute atomic E-state index is 0.657. The Morgan fingerprint density at radius 2 is 1.53 bits per heavy atom. The minimum atomic E-state index is -1.75. The lowest BCUT2D eigenvalue weighted by atomic mass is 10.0. The van der Waals surface area contributed by atoms with Crippen molar-refractivity contribution in [1.82, 2.24) is 0 Å². The molecule has 0 spiro atoms. The molecule has 2 heteroatoms. The van der Waals surface area contributed by atoms with Crippen molar-refractivity contribution in [3.05, 3.63) is 23.5 Å². The van der Waals surface area contributed by atoms with Crippen LogP contribution in [0.25, 0.3) is 0 Å². The van der Waals surface area contributed by atoms with Crippen molar-refractivity contribution in [2.75, 3.05) is 0 Å². The van der Waals surface area contributed by atoms with E-state index in [2.05, 4.69) is 60.6 Å². The quantitative estimate of drug-likeness (QED) is 0.416. The van der Waals surface area contributed by atoms with Gasteiger partial charge in [0, 0.05) is 6.42 Å². The van der Waals surface area contributed by atoms with Crippen LogP contribution in [0.3, 0.4) is 0 Å². The average Bonchev–Trinajstić information content (AvgIpc) is 2.34. The maximum Gasteiger partial charge on any atom is 0.258 e. The van der Waals surface area contributed by atoms with Crippen LogP contribution in [0.1, 0.15) is 67.7 Å². The zero-order valence-electron chi connectivity index (χ0n) is 13.9. The monoisotopic (exact) mass is 280 g/mol. The van der Waals surface area contributed by atoms with Crippen molar-refractivity contribution in [2.24, 2.45) is 0 Å². The molecule has 1 aliphatic carbocycles. The summed E-state index contributed by atoms with van der Waals surface area (Å²) < 4.78 is 6.75. The van der Waals surface area contributed by atoms with E-state index in [0.717, 1.165) is 19.3 Å². The lowest BCUT2D eigenvalue weighted by Gasteiger charge is -2.43. The Balaban J connectivity index is 2.93. The van der Waals surface area contributed by atoms with E-state index >= 15 is 0 Å². The standard InChI is InChI=1S/C17H32OSi/c1-8-16-10-9-11-17(12-16)18-19(13(2)3,14(4)5)15(6)7/h10-11,13-15H,8-9,12H2,1-7H3. The van der Waals surface area contributed by atoms with Crippen LogP contribution in [0.5, 0.6) is 0 Å². The van der Waals surface area contributed by atoms with Crippen molar-refractivity contribution >= 4 is 8.32 Å². The second-order valence-corrected chi connectivity index (χ2v) is 12.1. The molecule has 0 heterocycles. The molecule has 0 aromatic heterocycles. The summed E-state index contributed by atoms with van der Waals surface area (Å²) in [6.45, 7) is 16.4. The Labute approximate surface area is 121 Å². The maximum atomic E-state index is 6.75. The van der Waals surface area contributed by atoms with Gasteiger partial charge in [0.05, 0.1) is 5.76 Å². The Morgan fingerprint density at radius 1 is 1.00 bits per heavy atom. The molecule has 0 atom stereocenters. The van der Waals surface area contributed by atoms with Crippen LogP contribution < -0.4 is 0 Å². The van der Waals surface area contributed by atoms with Crippen LogP contribution in [-0.4, -0.2) is 8.32 Å². The van der Waals surface area contributed by atoms with E-state index in [0.29, 0.717) is 16.6 Å². The Kier molecular flexibility index (Phi) is 5.91.